The molecule has 0 radical (unpaired) electrons. The van der Waals surface area contributed by atoms with E-state index in [2.05, 4.69) is 10.2 Å². The molecule has 0 aliphatic carbocycles. The van der Waals surface area contributed by atoms with Crippen LogP contribution in [0.5, 0.6) is 5.75 Å². The molecule has 0 bridgehead atoms. The van der Waals surface area contributed by atoms with Gasteiger partial charge in [-0.05, 0) is 32.3 Å². The van der Waals surface area contributed by atoms with Crippen molar-refractivity contribution in [3.63, 3.8) is 0 Å². The van der Waals surface area contributed by atoms with Crippen molar-refractivity contribution in [2.24, 2.45) is 0 Å². The highest BCUT2D eigenvalue weighted by atomic mass is 35.6. The summed E-state index contributed by atoms with van der Waals surface area (Å²) in [6.07, 6.45) is 2.91. The number of halogens is 3. The second kappa shape index (κ2) is 13.2. The summed E-state index contributed by atoms with van der Waals surface area (Å²) in [5.41, 5.74) is 3.18. The Labute approximate surface area is 231 Å². The summed E-state index contributed by atoms with van der Waals surface area (Å²) in [7, 11) is 1.50. The van der Waals surface area contributed by atoms with Gasteiger partial charge < -0.3 is 24.3 Å². The van der Waals surface area contributed by atoms with E-state index >= 15 is 0 Å². The largest absolute Gasteiger partial charge is 0.496 e. The molecule has 1 N–H and O–H groups in total. The molecule has 1 aromatic carbocycles. The lowest BCUT2D eigenvalue weighted by molar-refractivity contribution is -0.144. The lowest BCUT2D eigenvalue weighted by Gasteiger charge is -2.26. The van der Waals surface area contributed by atoms with Gasteiger partial charge in [0.2, 0.25) is 0 Å². The predicted octanol–water partition coefficient (Wildman–Crippen LogP) is 4.13. The van der Waals surface area contributed by atoms with Gasteiger partial charge in [-0.3, -0.25) is 14.5 Å². The second-order valence-electron chi connectivity index (χ2n) is 8.82. The van der Waals surface area contributed by atoms with Gasteiger partial charge in [0, 0.05) is 37.2 Å². The molecule has 0 atom stereocenters. The maximum atomic E-state index is 12.5. The molecule has 2 aliphatic heterocycles. The molecule has 0 aromatic heterocycles. The third-order valence-electron chi connectivity index (χ3n) is 6.33. The first-order chi connectivity index (χ1) is 17.5. The van der Waals surface area contributed by atoms with Crippen molar-refractivity contribution in [3.05, 3.63) is 33.9 Å². The fourth-order valence-electron chi connectivity index (χ4n) is 4.24. The van der Waals surface area contributed by atoms with E-state index in [1.165, 1.54) is 7.11 Å². The molecular weight excluding hydrogens is 547 g/mol. The summed E-state index contributed by atoms with van der Waals surface area (Å²) in [5, 5.41) is 2.58. The number of hydrogen-bond acceptors (Lipinski definition) is 8. The van der Waals surface area contributed by atoms with Crippen molar-refractivity contribution in [2.75, 3.05) is 51.9 Å². The van der Waals surface area contributed by atoms with E-state index in [9.17, 15) is 14.4 Å². The zero-order chi connectivity index (χ0) is 27.2. The minimum Gasteiger partial charge on any atom is -0.496 e. The number of allylic oxidation sites excluding steroid dienone is 2. The molecule has 204 valence electrons. The number of anilines is 1. The van der Waals surface area contributed by atoms with E-state index in [1.54, 1.807) is 0 Å². The average Bonchev–Trinajstić information content (AvgIpc) is 3.25. The molecule has 37 heavy (non-hydrogen) atoms. The Bertz CT molecular complexity index is 1060. The number of fused-ring (bicyclic) bond motifs is 1. The Kier molecular flexibility index (Phi) is 10.5. The number of alkyl halides is 3. The van der Waals surface area contributed by atoms with E-state index in [0.717, 1.165) is 24.2 Å². The molecule has 1 saturated heterocycles. The van der Waals surface area contributed by atoms with Crippen molar-refractivity contribution in [1.29, 1.82) is 0 Å². The number of benzene rings is 1. The van der Waals surface area contributed by atoms with Gasteiger partial charge in [0.1, 0.15) is 19.0 Å². The minimum atomic E-state index is -2.24. The molecule has 2 aliphatic rings. The number of morpholine rings is 1. The lowest BCUT2D eigenvalue weighted by Crippen LogP contribution is -2.38. The molecule has 3 rings (SSSR count). The summed E-state index contributed by atoms with van der Waals surface area (Å²) in [6.45, 7) is 7.86. The Hall–Kier alpha value is -2.04. The number of amides is 1. The van der Waals surface area contributed by atoms with Crippen LogP contribution in [0.15, 0.2) is 11.6 Å². The van der Waals surface area contributed by atoms with Crippen LogP contribution in [0.25, 0.3) is 0 Å². The van der Waals surface area contributed by atoms with E-state index < -0.39 is 15.7 Å². The minimum absolute atomic E-state index is 0.0514. The highest BCUT2D eigenvalue weighted by Gasteiger charge is 2.36. The normalized spacial score (nSPS) is 16.3. The summed E-state index contributed by atoms with van der Waals surface area (Å²) >= 11 is 17.3. The number of nitrogens with one attached hydrogen (secondary N) is 1. The van der Waals surface area contributed by atoms with E-state index in [4.69, 9.17) is 53.8 Å². The SMILES string of the molecule is COc1c(C)c2c(c(NC(=O)C(Cl)(Cl)Cl)c1CC=C(C)CCC(=O)OCCN1CCOCC1)C(=O)OC2. The maximum absolute atomic E-state index is 12.5. The van der Waals surface area contributed by atoms with Crippen molar-refractivity contribution < 1.29 is 33.3 Å². The first-order valence-electron chi connectivity index (χ1n) is 11.9. The van der Waals surface area contributed by atoms with E-state index in [-0.39, 0.29) is 36.7 Å². The third-order valence-corrected chi connectivity index (χ3v) is 6.84. The van der Waals surface area contributed by atoms with Crippen molar-refractivity contribution in [1.82, 2.24) is 4.90 Å². The lowest BCUT2D eigenvalue weighted by atomic mass is 9.93. The first kappa shape index (κ1) is 29.5. The van der Waals surface area contributed by atoms with Gasteiger partial charge in [-0.15, -0.1) is 0 Å². The highest BCUT2D eigenvalue weighted by molar-refractivity contribution is 6.76. The highest BCUT2D eigenvalue weighted by Crippen LogP contribution is 2.42. The Balaban J connectivity index is 1.71. The van der Waals surface area contributed by atoms with Crippen LogP contribution in [0.3, 0.4) is 0 Å². The van der Waals surface area contributed by atoms with Gasteiger partial charge in [0.25, 0.3) is 9.70 Å². The van der Waals surface area contributed by atoms with Crippen molar-refractivity contribution in [3.8, 4) is 5.75 Å². The fraction of sp³-hybridized carbons (Fsp3) is 0.560. The smallest absolute Gasteiger partial charge is 0.341 e. The zero-order valence-corrected chi connectivity index (χ0v) is 23.4. The topological polar surface area (TPSA) is 103 Å². The van der Waals surface area contributed by atoms with E-state index in [0.29, 0.717) is 49.7 Å². The average molecular weight is 578 g/mol. The number of rotatable bonds is 10. The number of ether oxygens (including phenoxy) is 4. The van der Waals surface area contributed by atoms with Crippen LogP contribution < -0.4 is 10.1 Å². The van der Waals surface area contributed by atoms with Crippen molar-refractivity contribution in [2.45, 2.75) is 43.5 Å². The fourth-order valence-corrected chi connectivity index (χ4v) is 4.38. The molecule has 0 saturated carbocycles. The van der Waals surface area contributed by atoms with Crippen molar-refractivity contribution >= 4 is 58.3 Å². The Morgan fingerprint density at radius 2 is 1.89 bits per heavy atom. The summed E-state index contributed by atoms with van der Waals surface area (Å²) in [6, 6.07) is 0. The number of esters is 2. The molecule has 0 spiro atoms. The van der Waals surface area contributed by atoms with Crippen LogP contribution in [0.4, 0.5) is 5.69 Å². The summed E-state index contributed by atoms with van der Waals surface area (Å²) < 4.78 is 19.3. The molecule has 1 fully saturated rings. The Morgan fingerprint density at radius 1 is 1.19 bits per heavy atom. The number of hydrogen-bond donors (Lipinski definition) is 1. The van der Waals surface area contributed by atoms with Crippen LogP contribution in [-0.4, -0.2) is 73.1 Å². The molecule has 2 heterocycles. The van der Waals surface area contributed by atoms with Gasteiger partial charge in [0.05, 0.1) is 31.6 Å². The van der Waals surface area contributed by atoms with Gasteiger partial charge >= 0.3 is 11.9 Å². The third kappa shape index (κ3) is 7.74. The first-order valence-corrected chi connectivity index (χ1v) is 13.0. The van der Waals surface area contributed by atoms with Crippen LogP contribution in [0.1, 0.15) is 46.8 Å². The predicted molar refractivity (Wildman–Crippen MR) is 141 cm³/mol. The van der Waals surface area contributed by atoms with Gasteiger partial charge in [0.15, 0.2) is 0 Å². The van der Waals surface area contributed by atoms with Crippen LogP contribution in [-0.2, 0) is 36.8 Å². The van der Waals surface area contributed by atoms with Gasteiger partial charge in [-0.1, -0.05) is 46.5 Å². The molecule has 1 amide bonds. The summed E-state index contributed by atoms with van der Waals surface area (Å²) in [4.78, 5) is 39.4. The second-order valence-corrected chi connectivity index (χ2v) is 11.1. The molecular formula is C25H31Cl3N2O7. The van der Waals surface area contributed by atoms with Crippen LogP contribution in [0.2, 0.25) is 0 Å². The molecule has 12 heteroatoms. The summed E-state index contributed by atoms with van der Waals surface area (Å²) in [5.74, 6) is -1.28. The van der Waals surface area contributed by atoms with Gasteiger partial charge in [-0.25, -0.2) is 4.79 Å². The zero-order valence-electron chi connectivity index (χ0n) is 21.1. The van der Waals surface area contributed by atoms with Gasteiger partial charge in [-0.2, -0.15) is 0 Å². The van der Waals surface area contributed by atoms with Crippen LogP contribution >= 0.6 is 34.8 Å². The number of carbonyl (C=O) groups is 3. The number of carbonyl (C=O) groups excluding carboxylic acids is 3. The molecule has 9 nitrogen and oxygen atoms in total. The Morgan fingerprint density at radius 3 is 2.54 bits per heavy atom. The molecule has 1 aromatic rings. The van der Waals surface area contributed by atoms with E-state index in [1.807, 2.05) is 19.9 Å². The molecule has 0 unspecified atom stereocenters. The quantitative estimate of drug-likeness (QED) is 0.252. The number of cyclic esters (lactones) is 1. The maximum Gasteiger partial charge on any atom is 0.341 e. The van der Waals surface area contributed by atoms with Crippen LogP contribution in [0, 0.1) is 6.92 Å². The monoisotopic (exact) mass is 576 g/mol. The number of nitrogens with zero attached hydrogens (tertiary/aromatic N) is 1. The number of methoxy groups -OCH3 is 1. The standard InChI is InChI=1S/C25H31Cl3N2O7/c1-15(5-7-19(31)36-13-10-30-8-11-35-12-9-30)4-6-17-21(29-24(33)25(26,27)28)20-18(14-37-23(20)32)16(2)22(17)34-3/h4H,5-14H2,1-3H3,(H,29,33).